The molecule has 1 heterocycles. The number of hydrogen-bond donors (Lipinski definition) is 1. The Bertz CT molecular complexity index is 286. The van der Waals surface area contributed by atoms with E-state index in [0.29, 0.717) is 0 Å². The second-order valence-electron chi connectivity index (χ2n) is 2.45. The number of rotatable bonds is 3. The molecule has 0 aliphatic carbocycles. The minimum absolute atomic E-state index is 0.0634. The fraction of sp³-hybridized carbons (Fsp3) is 0.375. The number of carboxylic acids is 1. The highest BCUT2D eigenvalue weighted by Gasteiger charge is 2.04. The van der Waals surface area contributed by atoms with E-state index in [0.717, 1.165) is 18.5 Å². The molecule has 0 spiro atoms. The zero-order chi connectivity index (χ0) is 8.97. The van der Waals surface area contributed by atoms with Crippen LogP contribution in [-0.4, -0.2) is 21.0 Å². The quantitative estimate of drug-likeness (QED) is 0.731. The van der Waals surface area contributed by atoms with E-state index in [1.807, 2.05) is 6.92 Å². The summed E-state index contributed by atoms with van der Waals surface area (Å²) in [6.07, 6.45) is 3.04. The van der Waals surface area contributed by atoms with Crippen LogP contribution in [0.25, 0.3) is 0 Å². The molecule has 64 valence electrons. The molecular formula is C8H10N2O2. The maximum absolute atomic E-state index is 10.5. The van der Waals surface area contributed by atoms with Crippen molar-refractivity contribution in [3.63, 3.8) is 0 Å². The van der Waals surface area contributed by atoms with Gasteiger partial charge < -0.3 is 5.11 Å². The van der Waals surface area contributed by atoms with Crippen LogP contribution in [0.5, 0.6) is 0 Å². The smallest absolute Gasteiger partial charge is 0.354 e. The van der Waals surface area contributed by atoms with Crippen molar-refractivity contribution in [3.8, 4) is 0 Å². The molecule has 4 nitrogen and oxygen atoms in total. The Morgan fingerprint density at radius 3 is 2.92 bits per heavy atom. The zero-order valence-electron chi connectivity index (χ0n) is 6.82. The van der Waals surface area contributed by atoms with E-state index >= 15 is 0 Å². The molecule has 0 bridgehead atoms. The number of aromatic nitrogens is 2. The lowest BCUT2D eigenvalue weighted by molar-refractivity contribution is 0.0690. The van der Waals surface area contributed by atoms with E-state index in [2.05, 4.69) is 9.97 Å². The first kappa shape index (κ1) is 8.64. The van der Waals surface area contributed by atoms with Gasteiger partial charge in [0.05, 0.1) is 0 Å². The minimum atomic E-state index is -1.00. The molecule has 1 N–H and O–H groups in total. The molecule has 0 saturated heterocycles. The number of carbonyl (C=O) groups is 1. The summed E-state index contributed by atoms with van der Waals surface area (Å²) in [5.41, 5.74) is 0.846. The van der Waals surface area contributed by atoms with Gasteiger partial charge in [0.2, 0.25) is 0 Å². The molecule has 1 aromatic rings. The van der Waals surface area contributed by atoms with Gasteiger partial charge in [0.1, 0.15) is 6.33 Å². The summed E-state index contributed by atoms with van der Waals surface area (Å²) in [5, 5.41) is 8.59. The van der Waals surface area contributed by atoms with Crippen LogP contribution in [0.15, 0.2) is 12.4 Å². The Morgan fingerprint density at radius 2 is 2.33 bits per heavy atom. The lowest BCUT2D eigenvalue weighted by Crippen LogP contribution is -2.02. The molecule has 4 heteroatoms. The number of nitrogens with zero attached hydrogens (tertiary/aromatic N) is 2. The monoisotopic (exact) mass is 166 g/mol. The maximum atomic E-state index is 10.5. The third-order valence-corrected chi connectivity index (χ3v) is 1.45. The maximum Gasteiger partial charge on any atom is 0.354 e. The summed E-state index contributed by atoms with van der Waals surface area (Å²) in [4.78, 5) is 18.0. The normalized spacial score (nSPS) is 9.75. The standard InChI is InChI=1S/C8H10N2O2/c1-2-3-6-4-7(8(11)12)10-5-9-6/h4-5H,2-3H2,1H3,(H,11,12). The summed E-state index contributed by atoms with van der Waals surface area (Å²) in [7, 11) is 0. The average molecular weight is 166 g/mol. The van der Waals surface area contributed by atoms with E-state index in [4.69, 9.17) is 5.11 Å². The summed E-state index contributed by atoms with van der Waals surface area (Å²) in [6, 6.07) is 1.51. The highest BCUT2D eigenvalue weighted by molar-refractivity contribution is 5.85. The topological polar surface area (TPSA) is 63.1 Å². The van der Waals surface area contributed by atoms with Crippen molar-refractivity contribution in [2.24, 2.45) is 0 Å². The van der Waals surface area contributed by atoms with Crippen LogP contribution in [0.2, 0.25) is 0 Å². The van der Waals surface area contributed by atoms with Gasteiger partial charge in [-0.1, -0.05) is 13.3 Å². The van der Waals surface area contributed by atoms with Gasteiger partial charge in [-0.25, -0.2) is 14.8 Å². The van der Waals surface area contributed by atoms with Crippen molar-refractivity contribution >= 4 is 5.97 Å². The summed E-state index contributed by atoms with van der Waals surface area (Å²) in [5.74, 6) is -1.00. The van der Waals surface area contributed by atoms with Gasteiger partial charge in [0, 0.05) is 5.69 Å². The summed E-state index contributed by atoms with van der Waals surface area (Å²) < 4.78 is 0. The Kier molecular flexibility index (Phi) is 2.74. The van der Waals surface area contributed by atoms with Gasteiger partial charge >= 0.3 is 5.97 Å². The van der Waals surface area contributed by atoms with Gasteiger partial charge in [0.15, 0.2) is 5.69 Å². The number of hydrogen-bond acceptors (Lipinski definition) is 3. The van der Waals surface area contributed by atoms with E-state index in [1.54, 1.807) is 0 Å². The Labute approximate surface area is 70.3 Å². The Balaban J connectivity index is 2.88. The van der Waals surface area contributed by atoms with Gasteiger partial charge in [-0.3, -0.25) is 0 Å². The van der Waals surface area contributed by atoms with Crippen molar-refractivity contribution in [3.05, 3.63) is 23.8 Å². The third kappa shape index (κ3) is 2.02. The molecule has 12 heavy (non-hydrogen) atoms. The molecule has 0 amide bonds. The van der Waals surface area contributed by atoms with Crippen LogP contribution in [-0.2, 0) is 6.42 Å². The molecule has 0 fully saturated rings. The summed E-state index contributed by atoms with van der Waals surface area (Å²) in [6.45, 7) is 2.02. The van der Waals surface area contributed by atoms with Crippen LogP contribution >= 0.6 is 0 Å². The van der Waals surface area contributed by atoms with Crippen molar-refractivity contribution in [1.82, 2.24) is 9.97 Å². The minimum Gasteiger partial charge on any atom is -0.477 e. The second-order valence-corrected chi connectivity index (χ2v) is 2.45. The van der Waals surface area contributed by atoms with Crippen molar-refractivity contribution in [1.29, 1.82) is 0 Å². The van der Waals surface area contributed by atoms with Gasteiger partial charge in [-0.15, -0.1) is 0 Å². The first-order chi connectivity index (χ1) is 5.74. The largest absolute Gasteiger partial charge is 0.477 e. The van der Waals surface area contributed by atoms with E-state index in [9.17, 15) is 4.79 Å². The molecule has 0 aliphatic heterocycles. The number of aromatic carboxylic acids is 1. The van der Waals surface area contributed by atoms with Crippen molar-refractivity contribution in [2.75, 3.05) is 0 Å². The highest BCUT2D eigenvalue weighted by atomic mass is 16.4. The van der Waals surface area contributed by atoms with E-state index in [-0.39, 0.29) is 5.69 Å². The third-order valence-electron chi connectivity index (χ3n) is 1.45. The molecule has 1 aromatic heterocycles. The predicted molar refractivity (Wildman–Crippen MR) is 43.0 cm³/mol. The molecule has 0 saturated carbocycles. The van der Waals surface area contributed by atoms with Crippen LogP contribution in [0.3, 0.4) is 0 Å². The van der Waals surface area contributed by atoms with Gasteiger partial charge in [0.25, 0.3) is 0 Å². The zero-order valence-corrected chi connectivity index (χ0v) is 6.82. The number of aryl methyl sites for hydroxylation is 1. The molecule has 0 unspecified atom stereocenters. The van der Waals surface area contributed by atoms with E-state index < -0.39 is 5.97 Å². The fourth-order valence-corrected chi connectivity index (χ4v) is 0.907. The molecule has 0 aliphatic rings. The highest BCUT2D eigenvalue weighted by Crippen LogP contribution is 2.00. The Hall–Kier alpha value is -1.45. The van der Waals surface area contributed by atoms with Crippen molar-refractivity contribution in [2.45, 2.75) is 19.8 Å². The molecule has 0 radical (unpaired) electrons. The summed E-state index contributed by atoms with van der Waals surface area (Å²) >= 11 is 0. The molecule has 1 rings (SSSR count). The van der Waals surface area contributed by atoms with Crippen molar-refractivity contribution < 1.29 is 9.90 Å². The van der Waals surface area contributed by atoms with Crippen LogP contribution in [0, 0.1) is 0 Å². The van der Waals surface area contributed by atoms with E-state index in [1.165, 1.54) is 12.4 Å². The first-order valence-electron chi connectivity index (χ1n) is 3.78. The van der Waals surface area contributed by atoms with Crippen LogP contribution < -0.4 is 0 Å². The lowest BCUT2D eigenvalue weighted by Gasteiger charge is -1.97. The predicted octanol–water partition coefficient (Wildman–Crippen LogP) is 1.13. The molecular weight excluding hydrogens is 156 g/mol. The first-order valence-corrected chi connectivity index (χ1v) is 3.78. The van der Waals surface area contributed by atoms with Crippen LogP contribution in [0.4, 0.5) is 0 Å². The SMILES string of the molecule is CCCc1cc(C(=O)O)ncn1. The average Bonchev–Trinajstić information content (AvgIpc) is 2.05. The lowest BCUT2D eigenvalue weighted by atomic mass is 10.2. The fourth-order valence-electron chi connectivity index (χ4n) is 0.907. The van der Waals surface area contributed by atoms with Crippen LogP contribution in [0.1, 0.15) is 29.5 Å². The van der Waals surface area contributed by atoms with Gasteiger partial charge in [-0.2, -0.15) is 0 Å². The second kappa shape index (κ2) is 3.80. The Morgan fingerprint density at radius 1 is 1.58 bits per heavy atom. The molecule has 0 atom stereocenters. The van der Waals surface area contributed by atoms with Gasteiger partial charge in [-0.05, 0) is 12.5 Å². The molecule has 0 aromatic carbocycles. The number of carboxylic acid groups (broad SMARTS) is 1.